The minimum atomic E-state index is -0.407. The largest absolute Gasteiger partial charge is 0.490 e. The maximum atomic E-state index is 13.8. The third-order valence-electron chi connectivity index (χ3n) is 4.63. The number of hydrogen-bond acceptors (Lipinski definition) is 4. The highest BCUT2D eigenvalue weighted by molar-refractivity contribution is 5.44. The summed E-state index contributed by atoms with van der Waals surface area (Å²) in [4.78, 5) is 2.19. The summed E-state index contributed by atoms with van der Waals surface area (Å²) in [5.41, 5.74) is 2.03. The zero-order valence-corrected chi connectivity index (χ0v) is 15.3. The van der Waals surface area contributed by atoms with Crippen LogP contribution in [0.15, 0.2) is 48.5 Å². The predicted octanol–water partition coefficient (Wildman–Crippen LogP) is 3.58. The first kappa shape index (κ1) is 18.7. The molecular formula is C21H27FN2O2. The van der Waals surface area contributed by atoms with Gasteiger partial charge >= 0.3 is 0 Å². The van der Waals surface area contributed by atoms with Crippen LogP contribution in [-0.4, -0.2) is 44.4 Å². The molecule has 0 unspecified atom stereocenters. The second kappa shape index (κ2) is 9.55. The van der Waals surface area contributed by atoms with Crippen molar-refractivity contribution in [3.8, 4) is 11.5 Å². The molecule has 0 spiro atoms. The Hall–Kier alpha value is -2.11. The topological polar surface area (TPSA) is 33.7 Å². The fourth-order valence-electron chi connectivity index (χ4n) is 3.25. The van der Waals surface area contributed by atoms with Crippen molar-refractivity contribution in [2.45, 2.75) is 19.6 Å². The van der Waals surface area contributed by atoms with Gasteiger partial charge < -0.3 is 14.8 Å². The first-order valence-corrected chi connectivity index (χ1v) is 9.26. The van der Waals surface area contributed by atoms with Crippen LogP contribution in [0.25, 0.3) is 0 Å². The summed E-state index contributed by atoms with van der Waals surface area (Å²) in [6, 6.07) is 15.6. The average Bonchev–Trinajstić information content (AvgIpc) is 2.70. The zero-order valence-electron chi connectivity index (χ0n) is 15.3. The highest BCUT2D eigenvalue weighted by atomic mass is 19.1. The Balaban J connectivity index is 1.76. The summed E-state index contributed by atoms with van der Waals surface area (Å²) in [6.07, 6.45) is 0. The lowest BCUT2D eigenvalue weighted by Gasteiger charge is -2.33. The molecule has 1 N–H and O–H groups in total. The van der Waals surface area contributed by atoms with Gasteiger partial charge in [0.2, 0.25) is 0 Å². The summed E-state index contributed by atoms with van der Waals surface area (Å²) in [7, 11) is 0. The van der Waals surface area contributed by atoms with Gasteiger partial charge in [-0.05, 0) is 30.2 Å². The van der Waals surface area contributed by atoms with Gasteiger partial charge in [-0.1, -0.05) is 36.4 Å². The Bertz CT molecular complexity index is 675. The lowest BCUT2D eigenvalue weighted by atomic mass is 10.0. The molecule has 0 aromatic heterocycles. The van der Waals surface area contributed by atoms with Gasteiger partial charge in [0.05, 0.1) is 12.6 Å². The molecule has 1 fully saturated rings. The third-order valence-corrected chi connectivity index (χ3v) is 4.63. The fraction of sp³-hybridized carbons (Fsp3) is 0.429. The van der Waals surface area contributed by atoms with Crippen LogP contribution in [0, 0.1) is 0 Å². The number of hydrogen-bond donors (Lipinski definition) is 1. The lowest BCUT2D eigenvalue weighted by molar-refractivity contribution is 0.147. The number of piperazine rings is 1. The lowest BCUT2D eigenvalue weighted by Crippen LogP contribution is -2.45. The fourth-order valence-corrected chi connectivity index (χ4v) is 3.25. The number of ether oxygens (including phenoxy) is 2. The first-order valence-electron chi connectivity index (χ1n) is 9.26. The van der Waals surface area contributed by atoms with Crippen LogP contribution in [0.2, 0.25) is 0 Å². The maximum absolute atomic E-state index is 13.8. The smallest absolute Gasteiger partial charge is 0.161 e. The number of halogens is 1. The molecule has 26 heavy (non-hydrogen) atoms. The Morgan fingerprint density at radius 2 is 1.81 bits per heavy atom. The summed E-state index contributed by atoms with van der Waals surface area (Å²) in [6.45, 7) is 6.05. The highest BCUT2D eigenvalue weighted by Gasteiger charge is 2.23. The second-order valence-electron chi connectivity index (χ2n) is 6.37. The van der Waals surface area contributed by atoms with Crippen LogP contribution >= 0.6 is 0 Å². The van der Waals surface area contributed by atoms with Crippen LogP contribution < -0.4 is 14.8 Å². The van der Waals surface area contributed by atoms with Gasteiger partial charge in [-0.15, -0.1) is 0 Å². The van der Waals surface area contributed by atoms with Gasteiger partial charge in [0.25, 0.3) is 0 Å². The number of benzene rings is 2. The molecule has 4 nitrogen and oxygen atoms in total. The Kier molecular flexibility index (Phi) is 6.86. The summed E-state index contributed by atoms with van der Waals surface area (Å²) in [5, 5.41) is 3.31. The SMILES string of the molecule is CCOc1cc([C@@H](CF)N2CCNCC2)ccc1OCc1ccccc1. The molecule has 3 rings (SSSR count). The number of rotatable bonds is 8. The zero-order chi connectivity index (χ0) is 18.2. The molecular weight excluding hydrogens is 331 g/mol. The van der Waals surface area contributed by atoms with Gasteiger partial charge in [-0.25, -0.2) is 4.39 Å². The number of alkyl halides is 1. The maximum Gasteiger partial charge on any atom is 0.161 e. The standard InChI is InChI=1S/C21H27FN2O2/c1-2-25-21-14-18(19(15-22)24-12-10-23-11-13-24)8-9-20(21)26-16-17-6-4-3-5-7-17/h3-9,14,19,23H,2,10-13,15-16H2,1H3/t19-/m1/s1. The van der Waals surface area contributed by atoms with Gasteiger partial charge in [-0.2, -0.15) is 0 Å². The molecule has 0 saturated carbocycles. The van der Waals surface area contributed by atoms with Crippen molar-refractivity contribution in [1.29, 1.82) is 0 Å². The van der Waals surface area contributed by atoms with Gasteiger partial charge in [0, 0.05) is 26.2 Å². The highest BCUT2D eigenvalue weighted by Crippen LogP contribution is 2.33. The van der Waals surface area contributed by atoms with E-state index in [0.29, 0.717) is 24.7 Å². The quantitative estimate of drug-likeness (QED) is 0.782. The normalized spacial score (nSPS) is 16.2. The molecule has 1 saturated heterocycles. The molecule has 0 aliphatic carbocycles. The van der Waals surface area contributed by atoms with E-state index in [2.05, 4.69) is 10.2 Å². The Labute approximate surface area is 154 Å². The van der Waals surface area contributed by atoms with Crippen molar-refractivity contribution >= 4 is 0 Å². The molecule has 2 aromatic rings. The van der Waals surface area contributed by atoms with Crippen LogP contribution in [0.3, 0.4) is 0 Å². The summed E-state index contributed by atoms with van der Waals surface area (Å²) in [5.74, 6) is 1.37. The van der Waals surface area contributed by atoms with Crippen LogP contribution in [0.5, 0.6) is 11.5 Å². The summed E-state index contributed by atoms with van der Waals surface area (Å²) < 4.78 is 25.5. The van der Waals surface area contributed by atoms with E-state index in [4.69, 9.17) is 9.47 Å². The molecule has 0 bridgehead atoms. The van der Waals surface area contributed by atoms with Gasteiger partial charge in [0.15, 0.2) is 11.5 Å². The van der Waals surface area contributed by atoms with E-state index in [1.807, 2.05) is 55.5 Å². The van der Waals surface area contributed by atoms with E-state index in [1.165, 1.54) is 0 Å². The molecule has 1 aliphatic rings. The molecule has 1 heterocycles. The van der Waals surface area contributed by atoms with Crippen molar-refractivity contribution in [3.63, 3.8) is 0 Å². The van der Waals surface area contributed by atoms with Crippen molar-refractivity contribution in [3.05, 3.63) is 59.7 Å². The first-order chi connectivity index (χ1) is 12.8. The molecule has 140 valence electrons. The van der Waals surface area contributed by atoms with Crippen molar-refractivity contribution in [2.24, 2.45) is 0 Å². The minimum Gasteiger partial charge on any atom is -0.490 e. The van der Waals surface area contributed by atoms with Crippen molar-refractivity contribution in [1.82, 2.24) is 10.2 Å². The van der Waals surface area contributed by atoms with E-state index in [0.717, 1.165) is 37.3 Å². The molecule has 0 radical (unpaired) electrons. The number of nitrogens with zero attached hydrogens (tertiary/aromatic N) is 1. The molecule has 0 amide bonds. The van der Waals surface area contributed by atoms with Crippen LogP contribution in [0.1, 0.15) is 24.1 Å². The number of nitrogens with one attached hydrogen (secondary N) is 1. The van der Waals surface area contributed by atoms with Crippen molar-refractivity contribution in [2.75, 3.05) is 39.5 Å². The summed E-state index contributed by atoms with van der Waals surface area (Å²) >= 11 is 0. The Morgan fingerprint density at radius 3 is 2.50 bits per heavy atom. The van der Waals surface area contributed by atoms with Crippen LogP contribution in [-0.2, 0) is 6.61 Å². The second-order valence-corrected chi connectivity index (χ2v) is 6.37. The Morgan fingerprint density at radius 1 is 1.04 bits per heavy atom. The van der Waals surface area contributed by atoms with Crippen molar-refractivity contribution < 1.29 is 13.9 Å². The van der Waals surface area contributed by atoms with E-state index in [9.17, 15) is 4.39 Å². The predicted molar refractivity (Wildman–Crippen MR) is 102 cm³/mol. The molecule has 2 aromatic carbocycles. The molecule has 1 atom stereocenters. The van der Waals surface area contributed by atoms with Gasteiger partial charge in [-0.3, -0.25) is 4.90 Å². The monoisotopic (exact) mass is 358 g/mol. The van der Waals surface area contributed by atoms with E-state index in [1.54, 1.807) is 0 Å². The minimum absolute atomic E-state index is 0.237. The van der Waals surface area contributed by atoms with E-state index < -0.39 is 6.67 Å². The van der Waals surface area contributed by atoms with E-state index in [-0.39, 0.29) is 6.04 Å². The van der Waals surface area contributed by atoms with Crippen LogP contribution in [0.4, 0.5) is 4.39 Å². The third kappa shape index (κ3) is 4.74. The molecule has 1 aliphatic heterocycles. The van der Waals surface area contributed by atoms with Gasteiger partial charge in [0.1, 0.15) is 13.3 Å². The van der Waals surface area contributed by atoms with E-state index >= 15 is 0 Å². The average molecular weight is 358 g/mol. The molecule has 5 heteroatoms.